The molecule has 0 aliphatic carbocycles. The highest BCUT2D eigenvalue weighted by molar-refractivity contribution is 6.01. The van der Waals surface area contributed by atoms with Crippen LogP contribution in [0.4, 0.5) is 5.69 Å². The molecule has 1 aliphatic rings. The molecule has 2 N–H and O–H groups in total. The van der Waals surface area contributed by atoms with Crippen LogP contribution < -0.4 is 5.32 Å². The molecule has 0 saturated carbocycles. The maximum atomic E-state index is 11.9. The van der Waals surface area contributed by atoms with E-state index in [0.29, 0.717) is 18.1 Å². The summed E-state index contributed by atoms with van der Waals surface area (Å²) in [4.78, 5) is 15.8. The van der Waals surface area contributed by atoms with Gasteiger partial charge in [-0.05, 0) is 19.8 Å². The zero-order valence-corrected chi connectivity index (χ0v) is 11.2. The van der Waals surface area contributed by atoms with E-state index in [0.717, 1.165) is 19.4 Å². The van der Waals surface area contributed by atoms with Crippen molar-refractivity contribution >= 4 is 11.6 Å². The Morgan fingerprint density at radius 1 is 1.65 bits per heavy atom. The molecule has 2 aromatic rings. The number of anilines is 1. The fraction of sp³-hybridized carbons (Fsp3) is 0.500. The minimum atomic E-state index is -0.356. The lowest BCUT2D eigenvalue weighted by Gasteiger charge is -2.08. The van der Waals surface area contributed by atoms with Crippen LogP contribution >= 0.6 is 0 Å². The molecule has 0 bridgehead atoms. The largest absolute Gasteiger partial charge is 0.376 e. The molecule has 1 amide bonds. The van der Waals surface area contributed by atoms with Crippen molar-refractivity contribution in [1.29, 1.82) is 0 Å². The van der Waals surface area contributed by atoms with Crippen molar-refractivity contribution in [3.63, 3.8) is 0 Å². The van der Waals surface area contributed by atoms with E-state index in [4.69, 9.17) is 4.74 Å². The van der Waals surface area contributed by atoms with Crippen molar-refractivity contribution in [1.82, 2.24) is 25.0 Å². The molecular formula is C12H16N6O2. The number of amides is 1. The average Bonchev–Trinajstić information content (AvgIpc) is 3.13. The molecule has 1 unspecified atom stereocenters. The number of hydrogen-bond acceptors (Lipinski definition) is 5. The number of carbonyl (C=O) groups excluding carboxylic acids is 1. The van der Waals surface area contributed by atoms with Crippen LogP contribution in [0.15, 0.2) is 12.4 Å². The van der Waals surface area contributed by atoms with Gasteiger partial charge in [0.05, 0.1) is 24.5 Å². The smallest absolute Gasteiger partial charge is 0.295 e. The Labute approximate surface area is 115 Å². The van der Waals surface area contributed by atoms with Crippen LogP contribution in [0.3, 0.4) is 0 Å². The van der Waals surface area contributed by atoms with E-state index >= 15 is 0 Å². The third-order valence-corrected chi connectivity index (χ3v) is 3.11. The Morgan fingerprint density at radius 3 is 3.25 bits per heavy atom. The maximum Gasteiger partial charge on any atom is 0.295 e. The van der Waals surface area contributed by atoms with Crippen LogP contribution in [0.5, 0.6) is 0 Å². The highest BCUT2D eigenvalue weighted by atomic mass is 16.5. The fourth-order valence-corrected chi connectivity index (χ4v) is 2.16. The minimum absolute atomic E-state index is 0.120. The third kappa shape index (κ3) is 2.85. The molecule has 3 heterocycles. The number of nitrogens with zero attached hydrogens (tertiary/aromatic N) is 4. The number of nitrogens with one attached hydrogen (secondary N) is 2. The predicted molar refractivity (Wildman–Crippen MR) is 70.3 cm³/mol. The van der Waals surface area contributed by atoms with Gasteiger partial charge in [0.1, 0.15) is 5.82 Å². The molecule has 8 nitrogen and oxygen atoms in total. The first-order chi connectivity index (χ1) is 9.70. The normalized spacial score (nSPS) is 18.4. The summed E-state index contributed by atoms with van der Waals surface area (Å²) in [5, 5.41) is 13.3. The molecule has 3 rings (SSSR count). The quantitative estimate of drug-likeness (QED) is 0.858. The first-order valence-corrected chi connectivity index (χ1v) is 6.55. The van der Waals surface area contributed by atoms with E-state index < -0.39 is 0 Å². The molecule has 2 aromatic heterocycles. The molecule has 20 heavy (non-hydrogen) atoms. The summed E-state index contributed by atoms with van der Waals surface area (Å²) in [5.74, 6) is 0.365. The molecule has 1 saturated heterocycles. The van der Waals surface area contributed by atoms with Gasteiger partial charge in [0, 0.05) is 12.8 Å². The van der Waals surface area contributed by atoms with Gasteiger partial charge in [0.15, 0.2) is 0 Å². The van der Waals surface area contributed by atoms with Gasteiger partial charge in [-0.25, -0.2) is 4.98 Å². The summed E-state index contributed by atoms with van der Waals surface area (Å²) in [6.07, 6.45) is 5.75. The summed E-state index contributed by atoms with van der Waals surface area (Å²) >= 11 is 0. The molecule has 106 valence electrons. The van der Waals surface area contributed by atoms with Gasteiger partial charge in [-0.1, -0.05) is 0 Å². The molecule has 8 heteroatoms. The Hall–Kier alpha value is -2.22. The molecule has 0 radical (unpaired) electrons. The van der Waals surface area contributed by atoms with E-state index in [1.807, 2.05) is 0 Å². The molecule has 0 spiro atoms. The van der Waals surface area contributed by atoms with E-state index in [1.54, 1.807) is 24.0 Å². The summed E-state index contributed by atoms with van der Waals surface area (Å²) in [6, 6.07) is 0. The molecule has 0 aromatic carbocycles. The minimum Gasteiger partial charge on any atom is -0.376 e. The Morgan fingerprint density at radius 2 is 2.55 bits per heavy atom. The van der Waals surface area contributed by atoms with Crippen LogP contribution in [0.25, 0.3) is 0 Å². The lowest BCUT2D eigenvalue weighted by Crippen LogP contribution is -2.15. The van der Waals surface area contributed by atoms with Gasteiger partial charge in [-0.2, -0.15) is 5.10 Å². The van der Waals surface area contributed by atoms with Crippen LogP contribution in [0.1, 0.15) is 29.3 Å². The monoisotopic (exact) mass is 276 g/mol. The van der Waals surface area contributed by atoms with Crippen molar-refractivity contribution in [2.24, 2.45) is 0 Å². The highest BCUT2D eigenvalue weighted by Gasteiger charge is 2.17. The Kier molecular flexibility index (Phi) is 3.46. The van der Waals surface area contributed by atoms with Crippen molar-refractivity contribution in [3.05, 3.63) is 24.0 Å². The van der Waals surface area contributed by atoms with E-state index in [2.05, 4.69) is 25.6 Å². The van der Waals surface area contributed by atoms with Gasteiger partial charge in [-0.3, -0.25) is 14.6 Å². The second kappa shape index (κ2) is 5.41. The summed E-state index contributed by atoms with van der Waals surface area (Å²) < 4.78 is 7.32. The lowest BCUT2D eigenvalue weighted by atomic mass is 10.2. The fourth-order valence-electron chi connectivity index (χ4n) is 2.16. The maximum absolute atomic E-state index is 11.9. The number of aromatic nitrogens is 5. The molecular weight excluding hydrogens is 260 g/mol. The molecule has 1 aliphatic heterocycles. The van der Waals surface area contributed by atoms with E-state index in [9.17, 15) is 4.79 Å². The van der Waals surface area contributed by atoms with Crippen LogP contribution in [-0.2, 0) is 11.3 Å². The number of hydrogen-bond donors (Lipinski definition) is 2. The summed E-state index contributed by atoms with van der Waals surface area (Å²) in [6.45, 7) is 3.26. The highest BCUT2D eigenvalue weighted by Crippen LogP contribution is 2.15. The first kappa shape index (κ1) is 12.8. The lowest BCUT2D eigenvalue weighted by molar-refractivity contribution is 0.0940. The number of rotatable bonds is 4. The topological polar surface area (TPSA) is 97.7 Å². The number of aromatic amines is 1. The van der Waals surface area contributed by atoms with Crippen molar-refractivity contribution in [3.8, 4) is 0 Å². The number of aryl methyl sites for hydroxylation is 1. The summed E-state index contributed by atoms with van der Waals surface area (Å²) in [7, 11) is 0. The van der Waals surface area contributed by atoms with Crippen LogP contribution in [0.2, 0.25) is 0 Å². The van der Waals surface area contributed by atoms with Crippen LogP contribution in [0, 0.1) is 6.92 Å². The summed E-state index contributed by atoms with van der Waals surface area (Å²) in [5.41, 5.74) is 0.621. The second-order valence-corrected chi connectivity index (χ2v) is 4.78. The second-order valence-electron chi connectivity index (χ2n) is 4.78. The van der Waals surface area contributed by atoms with Gasteiger partial charge >= 0.3 is 0 Å². The number of ether oxygens (including phenoxy) is 1. The van der Waals surface area contributed by atoms with Crippen LogP contribution in [-0.4, -0.2) is 43.6 Å². The predicted octanol–water partition coefficient (Wildman–Crippen LogP) is 0.741. The van der Waals surface area contributed by atoms with Crippen molar-refractivity contribution < 1.29 is 9.53 Å². The van der Waals surface area contributed by atoms with E-state index in [-0.39, 0.29) is 17.8 Å². The molecule has 1 atom stereocenters. The number of H-pyrrole nitrogens is 1. The average molecular weight is 276 g/mol. The standard InChI is InChI=1S/C12H16N6O2/c1-8-14-11(17-16-8)12(19)15-9-5-13-18(6-9)7-10-3-2-4-20-10/h5-6,10H,2-4,7H2,1H3,(H,15,19)(H,14,16,17). The van der Waals surface area contributed by atoms with Crippen molar-refractivity contribution in [2.45, 2.75) is 32.4 Å². The van der Waals surface area contributed by atoms with Gasteiger partial charge < -0.3 is 10.1 Å². The third-order valence-electron chi connectivity index (χ3n) is 3.11. The first-order valence-electron chi connectivity index (χ1n) is 6.55. The zero-order chi connectivity index (χ0) is 13.9. The zero-order valence-electron chi connectivity index (χ0n) is 11.2. The Balaban J connectivity index is 1.60. The molecule has 1 fully saturated rings. The van der Waals surface area contributed by atoms with Crippen molar-refractivity contribution in [2.75, 3.05) is 11.9 Å². The number of carbonyl (C=O) groups is 1. The van der Waals surface area contributed by atoms with E-state index in [1.165, 1.54) is 0 Å². The van der Waals surface area contributed by atoms with Gasteiger partial charge in [0.2, 0.25) is 5.82 Å². The SMILES string of the molecule is Cc1nc(C(=O)Nc2cnn(CC3CCCO3)c2)n[nH]1. The van der Waals surface area contributed by atoms with Gasteiger partial charge in [-0.15, -0.1) is 5.10 Å². The Bertz CT molecular complexity index is 599. The van der Waals surface area contributed by atoms with Gasteiger partial charge in [0.25, 0.3) is 5.91 Å².